The van der Waals surface area contributed by atoms with Crippen LogP contribution in [0.2, 0.25) is 0 Å². The van der Waals surface area contributed by atoms with E-state index < -0.39 is 0 Å². The molecule has 118 valence electrons. The fourth-order valence-electron chi connectivity index (χ4n) is 2.69. The number of nitrogens with two attached hydrogens (primary N) is 1. The Labute approximate surface area is 132 Å². The average molecular weight is 300 g/mol. The predicted molar refractivity (Wildman–Crippen MR) is 91.3 cm³/mol. The first-order valence-corrected chi connectivity index (χ1v) is 7.75. The number of nitrogens with zero attached hydrogens (tertiary/aromatic N) is 1. The Bertz CT molecular complexity index is 623. The van der Waals surface area contributed by atoms with Crippen molar-refractivity contribution in [3.8, 4) is 11.1 Å². The molecule has 3 heteroatoms. The molecule has 0 bridgehead atoms. The van der Waals surface area contributed by atoms with Gasteiger partial charge in [-0.3, -0.25) is 0 Å². The van der Waals surface area contributed by atoms with E-state index in [0.29, 0.717) is 18.0 Å². The topological polar surface area (TPSA) is 29.3 Å². The van der Waals surface area contributed by atoms with Crippen LogP contribution in [0.25, 0.3) is 11.1 Å². The molecule has 0 aliphatic rings. The standard InChI is InChI=1S/C19H25FN2/c1-14(9-10-21)16-7-8-19(20)18(12-16)17-6-4-5-15(11-17)13-22(2)3/h4-8,11-12,14H,9-10,13,21H2,1-3H3. The molecule has 0 saturated heterocycles. The quantitative estimate of drug-likeness (QED) is 0.873. The lowest BCUT2D eigenvalue weighted by atomic mass is 9.93. The van der Waals surface area contributed by atoms with Gasteiger partial charge in [0.05, 0.1) is 0 Å². The van der Waals surface area contributed by atoms with Crippen molar-refractivity contribution in [3.05, 3.63) is 59.4 Å². The van der Waals surface area contributed by atoms with Crippen LogP contribution < -0.4 is 5.73 Å². The monoisotopic (exact) mass is 300 g/mol. The largest absolute Gasteiger partial charge is 0.330 e. The van der Waals surface area contributed by atoms with Gasteiger partial charge in [-0.15, -0.1) is 0 Å². The van der Waals surface area contributed by atoms with Crippen LogP contribution in [-0.4, -0.2) is 25.5 Å². The maximum absolute atomic E-state index is 14.3. The van der Waals surface area contributed by atoms with Crippen molar-refractivity contribution in [2.45, 2.75) is 25.8 Å². The Kier molecular flexibility index (Phi) is 5.69. The SMILES string of the molecule is CC(CCN)c1ccc(F)c(-c2cccc(CN(C)C)c2)c1. The Morgan fingerprint density at radius 3 is 2.59 bits per heavy atom. The van der Waals surface area contributed by atoms with Gasteiger partial charge in [-0.2, -0.15) is 0 Å². The number of halogens is 1. The van der Waals surface area contributed by atoms with Crippen LogP contribution in [0.5, 0.6) is 0 Å². The molecular weight excluding hydrogens is 275 g/mol. The third kappa shape index (κ3) is 4.15. The third-order valence-electron chi connectivity index (χ3n) is 3.90. The first-order valence-electron chi connectivity index (χ1n) is 7.75. The van der Waals surface area contributed by atoms with Crippen LogP contribution in [0.15, 0.2) is 42.5 Å². The average Bonchev–Trinajstić information content (AvgIpc) is 2.47. The molecule has 2 aromatic carbocycles. The van der Waals surface area contributed by atoms with Gasteiger partial charge >= 0.3 is 0 Å². The van der Waals surface area contributed by atoms with Crippen molar-refractivity contribution in [1.82, 2.24) is 4.90 Å². The van der Waals surface area contributed by atoms with Crippen molar-refractivity contribution in [2.75, 3.05) is 20.6 Å². The lowest BCUT2D eigenvalue weighted by Gasteiger charge is -2.14. The summed E-state index contributed by atoms with van der Waals surface area (Å²) in [7, 11) is 4.06. The van der Waals surface area contributed by atoms with E-state index in [0.717, 1.165) is 24.1 Å². The van der Waals surface area contributed by atoms with Crippen molar-refractivity contribution < 1.29 is 4.39 Å². The number of rotatable bonds is 6. The van der Waals surface area contributed by atoms with Gasteiger partial charge in [0.15, 0.2) is 0 Å². The Balaban J connectivity index is 2.37. The smallest absolute Gasteiger partial charge is 0.131 e. The van der Waals surface area contributed by atoms with E-state index in [4.69, 9.17) is 5.73 Å². The molecule has 22 heavy (non-hydrogen) atoms. The summed E-state index contributed by atoms with van der Waals surface area (Å²) in [5.41, 5.74) is 9.55. The molecule has 0 aliphatic carbocycles. The van der Waals surface area contributed by atoms with Crippen LogP contribution in [-0.2, 0) is 6.54 Å². The second-order valence-corrected chi connectivity index (χ2v) is 6.16. The van der Waals surface area contributed by atoms with Gasteiger partial charge in [0.25, 0.3) is 0 Å². The second kappa shape index (κ2) is 7.52. The maximum atomic E-state index is 14.3. The van der Waals surface area contributed by atoms with E-state index in [1.54, 1.807) is 6.07 Å². The van der Waals surface area contributed by atoms with Gasteiger partial charge in [-0.05, 0) is 67.9 Å². The molecule has 0 saturated carbocycles. The second-order valence-electron chi connectivity index (χ2n) is 6.16. The normalized spacial score (nSPS) is 12.6. The van der Waals surface area contributed by atoms with Crippen LogP contribution in [0.1, 0.15) is 30.4 Å². The lowest BCUT2D eigenvalue weighted by Crippen LogP contribution is -2.10. The molecule has 2 nitrogen and oxygen atoms in total. The molecule has 0 aliphatic heterocycles. The molecule has 1 unspecified atom stereocenters. The van der Waals surface area contributed by atoms with Gasteiger partial charge in [0.2, 0.25) is 0 Å². The minimum atomic E-state index is -0.175. The number of hydrogen-bond acceptors (Lipinski definition) is 2. The highest BCUT2D eigenvalue weighted by Crippen LogP contribution is 2.28. The molecule has 0 aromatic heterocycles. The summed E-state index contributed by atoms with van der Waals surface area (Å²) < 4.78 is 14.3. The third-order valence-corrected chi connectivity index (χ3v) is 3.90. The summed E-state index contributed by atoms with van der Waals surface area (Å²) in [6.45, 7) is 3.62. The number of hydrogen-bond donors (Lipinski definition) is 1. The Morgan fingerprint density at radius 2 is 1.91 bits per heavy atom. The molecule has 1 atom stereocenters. The van der Waals surface area contributed by atoms with Gasteiger partial charge in [0, 0.05) is 12.1 Å². The zero-order valence-electron chi connectivity index (χ0n) is 13.6. The highest BCUT2D eigenvalue weighted by atomic mass is 19.1. The molecule has 0 fully saturated rings. The van der Waals surface area contributed by atoms with E-state index >= 15 is 0 Å². The zero-order valence-corrected chi connectivity index (χ0v) is 13.6. The summed E-state index contributed by atoms with van der Waals surface area (Å²) in [6, 6.07) is 13.5. The summed E-state index contributed by atoms with van der Waals surface area (Å²) in [5, 5.41) is 0. The summed E-state index contributed by atoms with van der Waals surface area (Å²) >= 11 is 0. The van der Waals surface area contributed by atoms with E-state index in [1.165, 1.54) is 5.56 Å². The summed E-state index contributed by atoms with van der Waals surface area (Å²) in [4.78, 5) is 2.11. The van der Waals surface area contributed by atoms with Gasteiger partial charge in [-0.25, -0.2) is 4.39 Å². The minimum Gasteiger partial charge on any atom is -0.330 e. The van der Waals surface area contributed by atoms with Gasteiger partial charge in [0.1, 0.15) is 5.82 Å². The highest BCUT2D eigenvalue weighted by Gasteiger charge is 2.11. The zero-order chi connectivity index (χ0) is 16.1. The van der Waals surface area contributed by atoms with Crippen molar-refractivity contribution >= 4 is 0 Å². The maximum Gasteiger partial charge on any atom is 0.131 e. The molecule has 2 aromatic rings. The molecular formula is C19H25FN2. The summed E-state index contributed by atoms with van der Waals surface area (Å²) in [5.74, 6) is 0.167. The summed E-state index contributed by atoms with van der Waals surface area (Å²) in [6.07, 6.45) is 0.908. The van der Waals surface area contributed by atoms with E-state index in [1.807, 2.05) is 38.4 Å². The first-order chi connectivity index (χ1) is 10.5. The Hall–Kier alpha value is -1.71. The fraction of sp³-hybridized carbons (Fsp3) is 0.368. The van der Waals surface area contributed by atoms with E-state index in [9.17, 15) is 4.39 Å². The van der Waals surface area contributed by atoms with Crippen molar-refractivity contribution in [3.63, 3.8) is 0 Å². The first kappa shape index (κ1) is 16.7. The molecule has 2 rings (SSSR count). The van der Waals surface area contributed by atoms with Crippen LogP contribution in [0.4, 0.5) is 4.39 Å². The molecule has 2 N–H and O–H groups in total. The van der Waals surface area contributed by atoms with Gasteiger partial charge < -0.3 is 10.6 Å². The number of benzene rings is 2. The van der Waals surface area contributed by atoms with Gasteiger partial charge in [-0.1, -0.05) is 31.2 Å². The Morgan fingerprint density at radius 1 is 1.14 bits per heavy atom. The molecule has 0 spiro atoms. The fourth-order valence-corrected chi connectivity index (χ4v) is 2.69. The highest BCUT2D eigenvalue weighted by molar-refractivity contribution is 5.66. The minimum absolute atomic E-state index is 0.175. The van der Waals surface area contributed by atoms with Crippen LogP contribution in [0, 0.1) is 5.82 Å². The molecule has 0 radical (unpaired) electrons. The van der Waals surface area contributed by atoms with Crippen LogP contribution in [0.3, 0.4) is 0 Å². The van der Waals surface area contributed by atoms with E-state index in [2.05, 4.69) is 24.0 Å². The molecule has 0 heterocycles. The van der Waals surface area contributed by atoms with Crippen molar-refractivity contribution in [1.29, 1.82) is 0 Å². The molecule has 0 amide bonds. The predicted octanol–water partition coefficient (Wildman–Crippen LogP) is 4.01. The van der Waals surface area contributed by atoms with Crippen LogP contribution >= 0.6 is 0 Å². The van der Waals surface area contributed by atoms with E-state index in [-0.39, 0.29) is 5.82 Å². The lowest BCUT2D eigenvalue weighted by molar-refractivity contribution is 0.402. The van der Waals surface area contributed by atoms with Crippen molar-refractivity contribution in [2.24, 2.45) is 5.73 Å².